The number of halogens is 2. The van der Waals surface area contributed by atoms with Crippen molar-refractivity contribution in [2.75, 3.05) is 51.3 Å². The lowest BCUT2D eigenvalue weighted by Gasteiger charge is -2.42. The first kappa shape index (κ1) is 34.6. The summed E-state index contributed by atoms with van der Waals surface area (Å²) in [4.78, 5) is 19.4. The molecule has 268 valence electrons. The van der Waals surface area contributed by atoms with Crippen LogP contribution in [-0.4, -0.2) is 75.6 Å². The number of aromatic nitrogens is 6. The third kappa shape index (κ3) is 7.05. The Labute approximate surface area is 296 Å². The smallest absolute Gasteiger partial charge is 0.350 e. The third-order valence-electron chi connectivity index (χ3n) is 10.7. The molecule has 51 heavy (non-hydrogen) atoms. The average Bonchev–Trinajstić information content (AvgIpc) is 3.90. The number of anilines is 1. The van der Waals surface area contributed by atoms with Gasteiger partial charge >= 0.3 is 5.69 Å². The van der Waals surface area contributed by atoms with Crippen LogP contribution < -0.4 is 19.8 Å². The number of quaternary nitrogens is 1. The standard InChI is InChI=1S/C38H45F2N8O3/c1-4-30(5-2)47-37(49)46(27-43-47)32-7-11-33(12-8-32)48(3)18-16-44(17-19-48)31-9-13-34(14-10-31)50-22-28-21-38(51-23-28,24-45-26-41-25-42-45)35-15-6-29(39)20-36(35)40/h6-15,20,25-28,30H,4-5,16-19,21-24H2,1-3H3/q+1. The van der Waals surface area contributed by atoms with E-state index in [9.17, 15) is 13.6 Å². The Bertz CT molecular complexity index is 1970. The Kier molecular flexibility index (Phi) is 9.75. The van der Waals surface area contributed by atoms with Crippen LogP contribution in [0.2, 0.25) is 0 Å². The van der Waals surface area contributed by atoms with Crippen LogP contribution in [0, 0.1) is 17.6 Å². The van der Waals surface area contributed by atoms with Crippen LogP contribution in [-0.2, 0) is 16.9 Å². The molecule has 0 saturated carbocycles. The molecule has 2 aliphatic rings. The fraction of sp³-hybridized carbons (Fsp3) is 0.421. The van der Waals surface area contributed by atoms with Gasteiger partial charge in [-0.05, 0) is 61.7 Å². The van der Waals surface area contributed by atoms with Gasteiger partial charge < -0.3 is 14.4 Å². The molecule has 2 fully saturated rings. The first-order valence-corrected chi connectivity index (χ1v) is 17.7. The maximum absolute atomic E-state index is 15.0. The van der Waals surface area contributed by atoms with Gasteiger partial charge in [-0.1, -0.05) is 19.9 Å². The second-order valence-corrected chi connectivity index (χ2v) is 13.9. The Morgan fingerprint density at radius 1 is 0.961 bits per heavy atom. The molecule has 0 bridgehead atoms. The van der Waals surface area contributed by atoms with Crippen LogP contribution in [0.1, 0.15) is 44.7 Å². The molecule has 11 nitrogen and oxygen atoms in total. The molecule has 13 heteroatoms. The fourth-order valence-corrected chi connectivity index (χ4v) is 7.53. The lowest BCUT2D eigenvalue weighted by molar-refractivity contribution is -0.0206. The van der Waals surface area contributed by atoms with Crippen molar-refractivity contribution >= 4 is 11.4 Å². The van der Waals surface area contributed by atoms with Gasteiger partial charge in [0.05, 0.1) is 51.6 Å². The van der Waals surface area contributed by atoms with Crippen molar-refractivity contribution in [1.29, 1.82) is 0 Å². The highest BCUT2D eigenvalue weighted by Gasteiger charge is 2.44. The maximum atomic E-state index is 15.0. The van der Waals surface area contributed by atoms with E-state index in [0.717, 1.165) is 66.7 Å². The summed E-state index contributed by atoms with van der Waals surface area (Å²) in [7, 11) is 2.26. The van der Waals surface area contributed by atoms with Gasteiger partial charge in [-0.25, -0.2) is 32.5 Å². The number of rotatable bonds is 12. The highest BCUT2D eigenvalue weighted by atomic mass is 19.1. The minimum absolute atomic E-state index is 0.00241. The monoisotopic (exact) mass is 699 g/mol. The van der Waals surface area contributed by atoms with E-state index in [2.05, 4.69) is 65.2 Å². The van der Waals surface area contributed by atoms with Crippen LogP contribution in [0.25, 0.3) is 5.69 Å². The summed E-state index contributed by atoms with van der Waals surface area (Å²) < 4.78 is 46.8. The molecular formula is C38H45F2N8O3+. The third-order valence-corrected chi connectivity index (χ3v) is 10.7. The molecule has 0 radical (unpaired) electrons. The van der Waals surface area contributed by atoms with E-state index in [1.54, 1.807) is 26.6 Å². The molecule has 0 N–H and O–H groups in total. The molecule has 0 spiro atoms. The van der Waals surface area contributed by atoms with Gasteiger partial charge in [0.15, 0.2) is 0 Å². The SMILES string of the molecule is CCC(CC)n1ncn(-c2ccc([N+]3(C)CCN(c4ccc(OCC5COC(Cn6cncn6)(c6ccc(F)cc6F)C5)cc4)CC3)cc2)c1=O. The largest absolute Gasteiger partial charge is 0.493 e. The highest BCUT2D eigenvalue weighted by Crippen LogP contribution is 2.42. The van der Waals surface area contributed by atoms with Gasteiger partial charge in [0.2, 0.25) is 0 Å². The average molecular weight is 700 g/mol. The number of hydrogen-bond donors (Lipinski definition) is 0. The van der Waals surface area contributed by atoms with E-state index < -0.39 is 17.2 Å². The second-order valence-electron chi connectivity index (χ2n) is 13.9. The Morgan fingerprint density at radius 3 is 2.35 bits per heavy atom. The number of hydrogen-bond acceptors (Lipinski definition) is 7. The summed E-state index contributed by atoms with van der Waals surface area (Å²) in [6.45, 7) is 8.86. The fourth-order valence-electron chi connectivity index (χ4n) is 7.53. The van der Waals surface area contributed by atoms with Gasteiger partial charge in [0.25, 0.3) is 0 Å². The number of likely N-dealkylation sites (N-methyl/N-ethyl adjacent to an activating group) is 1. The van der Waals surface area contributed by atoms with Crippen molar-refractivity contribution in [2.45, 2.75) is 51.3 Å². The minimum atomic E-state index is -1.01. The molecule has 3 aromatic carbocycles. The summed E-state index contributed by atoms with van der Waals surface area (Å²) in [6.07, 6.45) is 6.83. The lowest BCUT2D eigenvalue weighted by Crippen LogP contribution is -2.58. The highest BCUT2D eigenvalue weighted by molar-refractivity contribution is 5.52. The zero-order valence-corrected chi connectivity index (χ0v) is 29.4. The van der Waals surface area contributed by atoms with E-state index in [1.807, 2.05) is 24.3 Å². The molecule has 2 atom stereocenters. The zero-order chi connectivity index (χ0) is 35.6. The molecule has 0 aliphatic carbocycles. The van der Waals surface area contributed by atoms with Crippen LogP contribution in [0.5, 0.6) is 5.75 Å². The summed E-state index contributed by atoms with van der Waals surface area (Å²) in [5.41, 5.74) is 2.36. The molecule has 2 aliphatic heterocycles. The predicted molar refractivity (Wildman–Crippen MR) is 191 cm³/mol. The normalized spacial score (nSPS) is 20.3. The first-order chi connectivity index (χ1) is 24.7. The number of benzene rings is 3. The van der Waals surface area contributed by atoms with Crippen molar-refractivity contribution < 1.29 is 18.3 Å². The van der Waals surface area contributed by atoms with E-state index >= 15 is 0 Å². The van der Waals surface area contributed by atoms with E-state index in [4.69, 9.17) is 9.47 Å². The second kappa shape index (κ2) is 14.4. The van der Waals surface area contributed by atoms with Gasteiger partial charge in [-0.2, -0.15) is 10.2 Å². The van der Waals surface area contributed by atoms with E-state index in [0.29, 0.717) is 25.2 Å². The molecule has 5 aromatic rings. The molecule has 2 saturated heterocycles. The minimum Gasteiger partial charge on any atom is -0.493 e. The van der Waals surface area contributed by atoms with Gasteiger partial charge in [0.1, 0.15) is 60.7 Å². The Morgan fingerprint density at radius 2 is 1.69 bits per heavy atom. The Balaban J connectivity index is 0.941. The van der Waals surface area contributed by atoms with Crippen molar-refractivity contribution in [1.82, 2.24) is 33.6 Å². The van der Waals surface area contributed by atoms with Crippen molar-refractivity contribution in [3.05, 3.63) is 113 Å². The van der Waals surface area contributed by atoms with Gasteiger partial charge in [0, 0.05) is 35.4 Å². The summed E-state index contributed by atoms with van der Waals surface area (Å²) in [5.74, 6) is -0.523. The van der Waals surface area contributed by atoms with Crippen LogP contribution in [0.3, 0.4) is 0 Å². The summed E-state index contributed by atoms with van der Waals surface area (Å²) in [6, 6.07) is 20.2. The van der Waals surface area contributed by atoms with Gasteiger partial charge in [-0.3, -0.25) is 4.48 Å². The predicted octanol–water partition coefficient (Wildman–Crippen LogP) is 5.73. The van der Waals surface area contributed by atoms with Crippen LogP contribution >= 0.6 is 0 Å². The number of piperazine rings is 1. The lowest BCUT2D eigenvalue weighted by atomic mass is 9.87. The van der Waals surface area contributed by atoms with Crippen LogP contribution in [0.4, 0.5) is 20.2 Å². The van der Waals surface area contributed by atoms with Crippen LogP contribution in [0.15, 0.2) is 90.5 Å². The molecular weight excluding hydrogens is 654 g/mol. The number of nitrogens with zero attached hydrogens (tertiary/aromatic N) is 8. The zero-order valence-electron chi connectivity index (χ0n) is 29.4. The number of ether oxygens (including phenoxy) is 2. The van der Waals surface area contributed by atoms with Crippen molar-refractivity contribution in [3.63, 3.8) is 0 Å². The molecule has 4 heterocycles. The van der Waals surface area contributed by atoms with Crippen molar-refractivity contribution in [3.8, 4) is 11.4 Å². The molecule has 2 aromatic heterocycles. The molecule has 7 rings (SSSR count). The van der Waals surface area contributed by atoms with Crippen molar-refractivity contribution in [2.24, 2.45) is 5.92 Å². The topological polar surface area (TPSA) is 92.2 Å². The van der Waals surface area contributed by atoms with Gasteiger partial charge in [-0.15, -0.1) is 0 Å². The molecule has 2 unspecified atom stereocenters. The van der Waals surface area contributed by atoms with E-state index in [1.165, 1.54) is 24.1 Å². The summed E-state index contributed by atoms with van der Waals surface area (Å²) >= 11 is 0. The quantitative estimate of drug-likeness (QED) is 0.154. The Hall–Kier alpha value is -4.88. The van der Waals surface area contributed by atoms with E-state index in [-0.39, 0.29) is 24.2 Å². The maximum Gasteiger partial charge on any atom is 0.350 e. The summed E-state index contributed by atoms with van der Waals surface area (Å²) in [5, 5.41) is 8.57. The first-order valence-electron chi connectivity index (χ1n) is 17.7. The molecule has 0 amide bonds.